The predicted molar refractivity (Wildman–Crippen MR) is 108 cm³/mol. The Morgan fingerprint density at radius 1 is 0.846 bits per heavy atom. The van der Waals surface area contributed by atoms with Crippen molar-refractivity contribution in [3.8, 4) is 0 Å². The number of hydrogen-bond donors (Lipinski definition) is 2. The molecule has 4 nitrogen and oxygen atoms in total. The highest BCUT2D eigenvalue weighted by molar-refractivity contribution is 5.69. The molecule has 0 aliphatic carbocycles. The summed E-state index contributed by atoms with van der Waals surface area (Å²) in [5.41, 5.74) is 0. The second kappa shape index (κ2) is 20.4. The van der Waals surface area contributed by atoms with Crippen LogP contribution in [0.3, 0.4) is 0 Å². The van der Waals surface area contributed by atoms with E-state index in [4.69, 9.17) is 14.9 Å². The molecule has 0 aromatic carbocycles. The number of ether oxygens (including phenoxy) is 1. The zero-order valence-corrected chi connectivity index (χ0v) is 17.0. The summed E-state index contributed by atoms with van der Waals surface area (Å²) >= 11 is 0. The lowest BCUT2D eigenvalue weighted by atomic mass is 10.1. The molecule has 0 aromatic rings. The third-order valence-corrected chi connectivity index (χ3v) is 4.54. The summed E-state index contributed by atoms with van der Waals surface area (Å²) in [7, 11) is 0. The minimum absolute atomic E-state index is 0.111. The summed E-state index contributed by atoms with van der Waals surface area (Å²) in [6, 6.07) is 0. The first-order chi connectivity index (χ1) is 12.7. The van der Waals surface area contributed by atoms with Gasteiger partial charge in [-0.25, -0.2) is 0 Å². The smallest absolute Gasteiger partial charge is 0.305 e. The molecule has 0 fully saturated rings. The summed E-state index contributed by atoms with van der Waals surface area (Å²) in [6.45, 7) is 1.78. The van der Waals surface area contributed by atoms with Crippen LogP contribution in [0.15, 0.2) is 12.2 Å². The molecule has 154 valence electrons. The Morgan fingerprint density at radius 3 is 1.88 bits per heavy atom. The van der Waals surface area contributed by atoms with Crippen LogP contribution >= 0.6 is 0 Å². The van der Waals surface area contributed by atoms with Crippen molar-refractivity contribution in [2.24, 2.45) is 0 Å². The van der Waals surface area contributed by atoms with Gasteiger partial charge >= 0.3 is 5.97 Å². The van der Waals surface area contributed by atoms with E-state index in [0.717, 1.165) is 25.7 Å². The Labute approximate surface area is 161 Å². The van der Waals surface area contributed by atoms with Crippen molar-refractivity contribution in [3.05, 3.63) is 12.2 Å². The fourth-order valence-electron chi connectivity index (χ4n) is 2.83. The molecule has 0 bridgehead atoms. The summed E-state index contributed by atoms with van der Waals surface area (Å²) in [5, 5.41) is 17.7. The number of hydrogen-bond acceptors (Lipinski definition) is 4. The predicted octanol–water partition coefficient (Wildman–Crippen LogP) is 5.31. The van der Waals surface area contributed by atoms with Crippen molar-refractivity contribution in [1.82, 2.24) is 0 Å². The van der Waals surface area contributed by atoms with Gasteiger partial charge in [-0.05, 0) is 32.1 Å². The second-order valence-corrected chi connectivity index (χ2v) is 7.21. The van der Waals surface area contributed by atoms with Crippen LogP contribution in [0.1, 0.15) is 103 Å². The average Bonchev–Trinajstić information content (AvgIpc) is 2.65. The van der Waals surface area contributed by atoms with Crippen LogP contribution in [-0.2, 0) is 9.53 Å². The number of aliphatic hydroxyl groups is 2. The van der Waals surface area contributed by atoms with E-state index in [1.54, 1.807) is 0 Å². The quantitative estimate of drug-likeness (QED) is 0.184. The molecule has 0 heterocycles. The molecule has 0 saturated carbocycles. The lowest BCUT2D eigenvalue weighted by molar-refractivity contribution is -0.147. The van der Waals surface area contributed by atoms with Crippen LogP contribution in [0.25, 0.3) is 0 Å². The highest BCUT2D eigenvalue weighted by atomic mass is 16.5. The third kappa shape index (κ3) is 19.5. The topological polar surface area (TPSA) is 66.8 Å². The first-order valence-corrected chi connectivity index (χ1v) is 10.8. The van der Waals surface area contributed by atoms with Gasteiger partial charge in [0.05, 0.1) is 6.61 Å². The van der Waals surface area contributed by atoms with Gasteiger partial charge < -0.3 is 14.9 Å². The first kappa shape index (κ1) is 25.1. The van der Waals surface area contributed by atoms with Crippen LogP contribution in [0.4, 0.5) is 0 Å². The maximum atomic E-state index is 11.4. The Bertz CT molecular complexity index is 328. The Hall–Kier alpha value is -0.870. The van der Waals surface area contributed by atoms with Crippen LogP contribution in [-0.4, -0.2) is 35.5 Å². The van der Waals surface area contributed by atoms with E-state index in [0.29, 0.717) is 6.42 Å². The van der Waals surface area contributed by atoms with Gasteiger partial charge in [0.1, 0.15) is 12.7 Å². The lowest BCUT2D eigenvalue weighted by Crippen LogP contribution is -2.21. The monoisotopic (exact) mass is 370 g/mol. The standard InChI is InChI=1S/C22H42O4/c1-2-3-4-5-6-7-8-9-10-11-12-13-14-15-16-17-18-22(25)26-20-21(24)19-23/h10-11,21,23-24H,2-9,12-20H2,1H3/b11-10-. The molecule has 0 saturated heterocycles. The minimum atomic E-state index is -0.960. The first-order valence-electron chi connectivity index (χ1n) is 10.8. The van der Waals surface area contributed by atoms with Crippen molar-refractivity contribution >= 4 is 5.97 Å². The van der Waals surface area contributed by atoms with E-state index in [2.05, 4.69) is 19.1 Å². The van der Waals surface area contributed by atoms with Crippen molar-refractivity contribution in [3.63, 3.8) is 0 Å². The fourth-order valence-corrected chi connectivity index (χ4v) is 2.83. The fraction of sp³-hybridized carbons (Fsp3) is 0.864. The number of unbranched alkanes of at least 4 members (excludes halogenated alkanes) is 12. The minimum Gasteiger partial charge on any atom is -0.463 e. The Morgan fingerprint density at radius 2 is 1.35 bits per heavy atom. The van der Waals surface area contributed by atoms with E-state index in [1.807, 2.05) is 0 Å². The van der Waals surface area contributed by atoms with Crippen LogP contribution < -0.4 is 0 Å². The molecule has 0 aliphatic heterocycles. The molecule has 0 amide bonds. The van der Waals surface area contributed by atoms with E-state index in [1.165, 1.54) is 64.2 Å². The molecule has 1 unspecified atom stereocenters. The van der Waals surface area contributed by atoms with Crippen LogP contribution in [0.5, 0.6) is 0 Å². The lowest BCUT2D eigenvalue weighted by Gasteiger charge is -2.08. The van der Waals surface area contributed by atoms with Crippen LogP contribution in [0, 0.1) is 0 Å². The molecule has 0 rings (SSSR count). The zero-order valence-electron chi connectivity index (χ0n) is 17.0. The molecule has 1 atom stereocenters. The molecule has 0 radical (unpaired) electrons. The largest absolute Gasteiger partial charge is 0.463 e. The van der Waals surface area contributed by atoms with Crippen molar-refractivity contribution in [2.75, 3.05) is 13.2 Å². The number of allylic oxidation sites excluding steroid dienone is 2. The Balaban J connectivity index is 3.22. The van der Waals surface area contributed by atoms with Gasteiger partial charge in [0, 0.05) is 6.42 Å². The van der Waals surface area contributed by atoms with Gasteiger partial charge in [0.2, 0.25) is 0 Å². The van der Waals surface area contributed by atoms with Gasteiger partial charge in [-0.3, -0.25) is 4.79 Å². The third-order valence-electron chi connectivity index (χ3n) is 4.54. The molecule has 0 spiro atoms. The zero-order chi connectivity index (χ0) is 19.3. The number of carbonyl (C=O) groups is 1. The maximum Gasteiger partial charge on any atom is 0.305 e. The van der Waals surface area contributed by atoms with Gasteiger partial charge in [0.25, 0.3) is 0 Å². The van der Waals surface area contributed by atoms with Gasteiger partial charge in [0.15, 0.2) is 0 Å². The normalized spacial score (nSPS) is 12.6. The van der Waals surface area contributed by atoms with Gasteiger partial charge in [-0.15, -0.1) is 0 Å². The van der Waals surface area contributed by atoms with Crippen molar-refractivity contribution < 1.29 is 19.7 Å². The molecule has 0 aromatic heterocycles. The van der Waals surface area contributed by atoms with E-state index >= 15 is 0 Å². The highest BCUT2D eigenvalue weighted by Crippen LogP contribution is 2.10. The molecule has 2 N–H and O–H groups in total. The van der Waals surface area contributed by atoms with Gasteiger partial charge in [-0.1, -0.05) is 76.9 Å². The van der Waals surface area contributed by atoms with E-state index < -0.39 is 6.10 Å². The van der Waals surface area contributed by atoms with Crippen molar-refractivity contribution in [2.45, 2.75) is 109 Å². The summed E-state index contributed by atoms with van der Waals surface area (Å²) in [6.07, 6.45) is 21.6. The van der Waals surface area contributed by atoms with E-state index in [-0.39, 0.29) is 19.2 Å². The maximum absolute atomic E-state index is 11.4. The van der Waals surface area contributed by atoms with E-state index in [9.17, 15) is 4.79 Å². The van der Waals surface area contributed by atoms with Gasteiger partial charge in [-0.2, -0.15) is 0 Å². The van der Waals surface area contributed by atoms with Crippen LogP contribution in [0.2, 0.25) is 0 Å². The summed E-state index contributed by atoms with van der Waals surface area (Å²) in [5.74, 6) is -0.286. The van der Waals surface area contributed by atoms with Crippen molar-refractivity contribution in [1.29, 1.82) is 0 Å². The Kier molecular flexibility index (Phi) is 19.8. The second-order valence-electron chi connectivity index (χ2n) is 7.21. The molecular weight excluding hydrogens is 328 g/mol. The molecule has 4 heteroatoms. The SMILES string of the molecule is CCCCCCCCC/C=C\CCCCCCCC(=O)OCC(O)CO. The average molecular weight is 371 g/mol. The number of carbonyl (C=O) groups excluding carboxylic acids is 1. The number of aliphatic hydroxyl groups excluding tert-OH is 2. The molecular formula is C22H42O4. The number of rotatable bonds is 19. The summed E-state index contributed by atoms with van der Waals surface area (Å²) < 4.78 is 4.86. The molecule has 26 heavy (non-hydrogen) atoms. The summed E-state index contributed by atoms with van der Waals surface area (Å²) in [4.78, 5) is 11.4. The highest BCUT2D eigenvalue weighted by Gasteiger charge is 2.07. The number of esters is 1. The molecule has 0 aliphatic rings.